The Labute approximate surface area is 117 Å². The zero-order valence-electron chi connectivity index (χ0n) is 11.9. The van der Waals surface area contributed by atoms with Crippen LogP contribution < -0.4 is 0 Å². The first-order chi connectivity index (χ1) is 8.88. The Morgan fingerprint density at radius 3 is 2.10 bits per heavy atom. The van der Waals surface area contributed by atoms with Gasteiger partial charge in [-0.15, -0.1) is 0 Å². The summed E-state index contributed by atoms with van der Waals surface area (Å²) in [6.07, 6.45) is 2.31. The number of aryl methyl sites for hydroxylation is 1. The molecule has 1 aromatic carbocycles. The largest absolute Gasteiger partial charge is 0.310 e. The maximum Gasteiger partial charge on any atom is 0.310 e. The van der Waals surface area contributed by atoms with Crippen LogP contribution >= 0.6 is 10.2 Å². The zero-order chi connectivity index (χ0) is 15.7. The lowest BCUT2D eigenvalue weighted by molar-refractivity contribution is 0.361. The van der Waals surface area contributed by atoms with E-state index in [1.54, 1.807) is 13.8 Å². The quantitative estimate of drug-likeness (QED) is 0.487. The van der Waals surface area contributed by atoms with E-state index in [1.165, 1.54) is 12.1 Å². The average Bonchev–Trinajstić information content (AvgIpc) is 2.32. The summed E-state index contributed by atoms with van der Waals surface area (Å²) < 4.78 is 66.0. The van der Waals surface area contributed by atoms with E-state index in [0.29, 0.717) is 18.9 Å². The van der Waals surface area contributed by atoms with Gasteiger partial charge >= 0.3 is 10.2 Å². The smallest absolute Gasteiger partial charge is 0.0936 e. The van der Waals surface area contributed by atoms with E-state index in [4.69, 9.17) is 0 Å². The fourth-order valence-electron chi connectivity index (χ4n) is 2.21. The number of hydrogen-bond acceptors (Lipinski definition) is 0. The van der Waals surface area contributed by atoms with E-state index < -0.39 is 21.0 Å². The first-order valence-electron chi connectivity index (χ1n) is 6.76. The van der Waals surface area contributed by atoms with Gasteiger partial charge in [0.15, 0.2) is 0 Å². The van der Waals surface area contributed by atoms with E-state index in [-0.39, 0.29) is 11.1 Å². The molecule has 20 heavy (non-hydrogen) atoms. The van der Waals surface area contributed by atoms with Crippen LogP contribution in [0.2, 0.25) is 0 Å². The predicted octanol–water partition coefficient (Wildman–Crippen LogP) is 7.20. The molecular weight excluding hydrogens is 295 g/mol. The predicted molar refractivity (Wildman–Crippen MR) is 75.2 cm³/mol. The van der Waals surface area contributed by atoms with Crippen molar-refractivity contribution in [3.63, 3.8) is 0 Å². The summed E-state index contributed by atoms with van der Waals surface area (Å²) in [6.45, 7) is 5.13. The molecule has 1 atom stereocenters. The van der Waals surface area contributed by atoms with Crippen LogP contribution in [-0.2, 0) is 6.42 Å². The molecule has 0 saturated carbocycles. The standard InChI is InChI=1S/C14H21F5S/c1-4-6-7-11(3)13-9-8-12(5-2)10-14(13)20(15,16,17,18)19/h8-11H,4-7H2,1-3H3. The topological polar surface area (TPSA) is 0 Å². The molecule has 0 aliphatic carbocycles. The van der Waals surface area contributed by atoms with Gasteiger partial charge in [-0.1, -0.05) is 65.2 Å². The van der Waals surface area contributed by atoms with E-state index in [0.717, 1.165) is 12.8 Å². The van der Waals surface area contributed by atoms with Crippen LogP contribution in [0.25, 0.3) is 0 Å². The molecule has 1 aromatic rings. The van der Waals surface area contributed by atoms with Gasteiger partial charge in [0.05, 0.1) is 0 Å². The third kappa shape index (κ3) is 4.36. The Balaban J connectivity index is 3.40. The highest BCUT2D eigenvalue weighted by molar-refractivity contribution is 8.45. The normalized spacial score (nSPS) is 17.4. The first kappa shape index (κ1) is 17.3. The lowest BCUT2D eigenvalue weighted by Crippen LogP contribution is -2.12. The van der Waals surface area contributed by atoms with Crippen LogP contribution in [-0.4, -0.2) is 0 Å². The van der Waals surface area contributed by atoms with Crippen molar-refractivity contribution in [3.05, 3.63) is 29.3 Å². The molecule has 0 amide bonds. The number of unbranched alkanes of at least 4 members (excludes halogenated alkanes) is 1. The lowest BCUT2D eigenvalue weighted by Gasteiger charge is -2.42. The van der Waals surface area contributed by atoms with Gasteiger partial charge in [0.25, 0.3) is 0 Å². The van der Waals surface area contributed by atoms with Gasteiger partial charge in [-0.3, -0.25) is 0 Å². The van der Waals surface area contributed by atoms with Gasteiger partial charge in [-0.25, -0.2) is 0 Å². The van der Waals surface area contributed by atoms with Crippen LogP contribution in [0.4, 0.5) is 19.4 Å². The first-order valence-corrected chi connectivity index (χ1v) is 8.71. The van der Waals surface area contributed by atoms with Gasteiger partial charge in [0.2, 0.25) is 0 Å². The van der Waals surface area contributed by atoms with Gasteiger partial charge < -0.3 is 0 Å². The van der Waals surface area contributed by atoms with E-state index >= 15 is 0 Å². The second-order valence-electron chi connectivity index (χ2n) is 5.24. The molecule has 0 spiro atoms. The fraction of sp³-hybridized carbons (Fsp3) is 0.571. The maximum absolute atomic E-state index is 13.2. The Hall–Kier alpha value is -0.780. The Morgan fingerprint density at radius 2 is 1.65 bits per heavy atom. The maximum atomic E-state index is 13.2. The minimum atomic E-state index is -9.64. The monoisotopic (exact) mass is 316 g/mol. The van der Waals surface area contributed by atoms with Crippen LogP contribution in [0, 0.1) is 0 Å². The summed E-state index contributed by atoms with van der Waals surface area (Å²) in [4.78, 5) is -1.70. The highest BCUT2D eigenvalue weighted by atomic mass is 32.5. The number of rotatable bonds is 6. The molecule has 1 unspecified atom stereocenters. The second kappa shape index (κ2) is 4.90. The van der Waals surface area contributed by atoms with Crippen molar-refractivity contribution >= 4 is 10.2 Å². The molecule has 0 N–H and O–H groups in total. The summed E-state index contributed by atoms with van der Waals surface area (Å²) in [6, 6.07) is 3.34. The van der Waals surface area contributed by atoms with E-state index in [2.05, 4.69) is 0 Å². The Morgan fingerprint density at radius 1 is 1.05 bits per heavy atom. The van der Waals surface area contributed by atoms with Crippen molar-refractivity contribution < 1.29 is 19.4 Å². The summed E-state index contributed by atoms with van der Waals surface area (Å²) in [7, 11) is -9.64. The van der Waals surface area contributed by atoms with Crippen molar-refractivity contribution in [1.29, 1.82) is 0 Å². The highest BCUT2D eigenvalue weighted by Gasteiger charge is 2.66. The number of benzene rings is 1. The molecular formula is C14H21F5S. The van der Waals surface area contributed by atoms with Gasteiger partial charge in [-0.05, 0) is 36.0 Å². The molecule has 0 heterocycles. The lowest BCUT2D eigenvalue weighted by atomic mass is 9.94. The summed E-state index contributed by atoms with van der Waals surface area (Å²) in [5.41, 5.74) is -0.00509. The van der Waals surface area contributed by atoms with Crippen molar-refractivity contribution in [2.24, 2.45) is 0 Å². The SMILES string of the molecule is CCCCC(C)c1ccc(CC)cc1S(F)(F)(F)(F)F. The molecule has 6 heteroatoms. The third-order valence-electron chi connectivity index (χ3n) is 3.42. The Kier molecular flexibility index (Phi) is 4.23. The van der Waals surface area contributed by atoms with E-state index in [9.17, 15) is 19.4 Å². The zero-order valence-corrected chi connectivity index (χ0v) is 12.8. The third-order valence-corrected chi connectivity index (χ3v) is 4.61. The van der Waals surface area contributed by atoms with Crippen molar-refractivity contribution in [2.75, 3.05) is 0 Å². The minimum Gasteiger partial charge on any atom is -0.0936 e. The highest BCUT2D eigenvalue weighted by Crippen LogP contribution is 3.02. The molecule has 1 rings (SSSR count). The minimum absolute atomic E-state index is 0.277. The van der Waals surface area contributed by atoms with Crippen molar-refractivity contribution in [2.45, 2.75) is 57.3 Å². The van der Waals surface area contributed by atoms with Crippen LogP contribution in [0.15, 0.2) is 23.1 Å². The molecule has 0 bridgehead atoms. The summed E-state index contributed by atoms with van der Waals surface area (Å²) in [5.74, 6) is -0.528. The van der Waals surface area contributed by atoms with Crippen LogP contribution in [0.3, 0.4) is 0 Å². The second-order valence-corrected chi connectivity index (χ2v) is 7.62. The number of hydrogen-bond donors (Lipinski definition) is 0. The molecule has 0 aromatic heterocycles. The van der Waals surface area contributed by atoms with Gasteiger partial charge in [0, 0.05) is 0 Å². The summed E-state index contributed by atoms with van der Waals surface area (Å²) >= 11 is 0. The molecule has 118 valence electrons. The van der Waals surface area contributed by atoms with Crippen molar-refractivity contribution in [1.82, 2.24) is 0 Å². The molecule has 0 fully saturated rings. The van der Waals surface area contributed by atoms with E-state index in [1.807, 2.05) is 6.92 Å². The van der Waals surface area contributed by atoms with Crippen molar-refractivity contribution in [3.8, 4) is 0 Å². The number of halogens is 5. The molecule has 0 aliphatic rings. The van der Waals surface area contributed by atoms with Crippen LogP contribution in [0.1, 0.15) is 57.1 Å². The fourth-order valence-corrected chi connectivity index (χ4v) is 3.29. The van der Waals surface area contributed by atoms with Gasteiger partial charge in [0.1, 0.15) is 4.90 Å². The summed E-state index contributed by atoms with van der Waals surface area (Å²) in [5, 5.41) is 0. The molecule has 0 nitrogen and oxygen atoms in total. The molecule has 0 radical (unpaired) electrons. The van der Waals surface area contributed by atoms with Crippen LogP contribution in [0.5, 0.6) is 0 Å². The molecule has 0 aliphatic heterocycles. The van der Waals surface area contributed by atoms with Gasteiger partial charge in [-0.2, -0.15) is 0 Å². The Bertz CT molecular complexity index is 477. The average molecular weight is 316 g/mol. The molecule has 0 saturated heterocycles.